The number of ether oxygens (including phenoxy) is 3. The van der Waals surface area contributed by atoms with Gasteiger partial charge in [-0.1, -0.05) is 48.5 Å². The van der Waals surface area contributed by atoms with E-state index >= 15 is 0 Å². The van der Waals surface area contributed by atoms with Crippen LogP contribution in [0.15, 0.2) is 54.6 Å². The van der Waals surface area contributed by atoms with Crippen LogP contribution in [0.4, 0.5) is 0 Å². The van der Waals surface area contributed by atoms with Gasteiger partial charge in [0, 0.05) is 37.1 Å². The number of carbonyl (C=O) groups excluding carboxylic acids is 1. The summed E-state index contributed by atoms with van der Waals surface area (Å²) in [5.41, 5.74) is 2.44. The van der Waals surface area contributed by atoms with E-state index in [1.165, 1.54) is 0 Å². The van der Waals surface area contributed by atoms with Crippen molar-refractivity contribution in [2.24, 2.45) is 0 Å². The molecule has 2 heterocycles. The van der Waals surface area contributed by atoms with E-state index in [9.17, 15) is 4.79 Å². The molecular weight excluding hydrogens is 354 g/mol. The number of likely N-dealkylation sites (tertiary alicyclic amines) is 1. The molecule has 1 spiro atoms. The highest BCUT2D eigenvalue weighted by Crippen LogP contribution is 2.33. The van der Waals surface area contributed by atoms with Crippen molar-refractivity contribution in [1.82, 2.24) is 4.90 Å². The van der Waals surface area contributed by atoms with Crippen LogP contribution in [0.5, 0.6) is 5.75 Å². The third kappa shape index (κ3) is 3.81. The van der Waals surface area contributed by atoms with Crippen LogP contribution < -0.4 is 4.74 Å². The number of rotatable bonds is 4. The van der Waals surface area contributed by atoms with Crippen molar-refractivity contribution in [2.45, 2.75) is 18.6 Å². The van der Waals surface area contributed by atoms with E-state index in [1.54, 1.807) is 7.11 Å². The standard InChI is InChI=1S/C23H25NO4/c1-26-21-10-6-5-9-19(21)17-20(18-7-3-2-4-8-18)22(25)24-13-11-23(12-14-24)27-15-16-28-23/h2-10,17H,11-16H2,1H3/b20-17+. The number of amides is 1. The number of benzene rings is 2. The Hall–Kier alpha value is -2.63. The Morgan fingerprint density at radius 3 is 2.32 bits per heavy atom. The van der Waals surface area contributed by atoms with Gasteiger partial charge < -0.3 is 19.1 Å². The van der Waals surface area contributed by atoms with Gasteiger partial charge in [0.15, 0.2) is 5.79 Å². The minimum atomic E-state index is -0.490. The summed E-state index contributed by atoms with van der Waals surface area (Å²) in [7, 11) is 1.64. The Bertz CT molecular complexity index is 846. The van der Waals surface area contributed by atoms with Gasteiger partial charge in [-0.2, -0.15) is 0 Å². The molecule has 2 saturated heterocycles. The monoisotopic (exact) mass is 379 g/mol. The van der Waals surface area contributed by atoms with Crippen molar-refractivity contribution < 1.29 is 19.0 Å². The molecule has 4 rings (SSSR count). The summed E-state index contributed by atoms with van der Waals surface area (Å²) in [6.45, 7) is 2.51. The number of carbonyl (C=O) groups is 1. The molecule has 28 heavy (non-hydrogen) atoms. The molecule has 2 aliphatic rings. The fourth-order valence-corrected chi connectivity index (χ4v) is 3.83. The number of hydrogen-bond acceptors (Lipinski definition) is 4. The first kappa shape index (κ1) is 18.7. The Morgan fingerprint density at radius 2 is 1.64 bits per heavy atom. The molecule has 5 nitrogen and oxygen atoms in total. The van der Waals surface area contributed by atoms with Crippen LogP contribution in [0.3, 0.4) is 0 Å². The van der Waals surface area contributed by atoms with Crippen LogP contribution in [0, 0.1) is 0 Å². The summed E-state index contributed by atoms with van der Waals surface area (Å²) in [6, 6.07) is 17.5. The molecule has 0 aromatic heterocycles. The molecular formula is C23H25NO4. The van der Waals surface area contributed by atoms with Crippen molar-refractivity contribution in [1.29, 1.82) is 0 Å². The van der Waals surface area contributed by atoms with Crippen molar-refractivity contribution >= 4 is 17.6 Å². The van der Waals surface area contributed by atoms with Crippen molar-refractivity contribution in [3.63, 3.8) is 0 Å². The molecule has 0 unspecified atom stereocenters. The minimum absolute atomic E-state index is 0.0185. The first-order chi connectivity index (χ1) is 13.7. The summed E-state index contributed by atoms with van der Waals surface area (Å²) >= 11 is 0. The van der Waals surface area contributed by atoms with Gasteiger partial charge in [0.05, 0.1) is 20.3 Å². The Balaban J connectivity index is 1.62. The second kappa shape index (κ2) is 8.17. The Kier molecular flexibility index (Phi) is 5.46. The Labute approximate surface area is 165 Å². The quantitative estimate of drug-likeness (QED) is 0.602. The van der Waals surface area contributed by atoms with Gasteiger partial charge in [0.1, 0.15) is 5.75 Å². The maximum Gasteiger partial charge on any atom is 0.254 e. The summed E-state index contributed by atoms with van der Waals surface area (Å²) in [5, 5.41) is 0. The zero-order chi connectivity index (χ0) is 19.4. The largest absolute Gasteiger partial charge is 0.496 e. The van der Waals surface area contributed by atoms with Gasteiger partial charge in [0.25, 0.3) is 5.91 Å². The third-order valence-corrected chi connectivity index (χ3v) is 5.38. The summed E-state index contributed by atoms with van der Waals surface area (Å²) in [4.78, 5) is 15.3. The summed E-state index contributed by atoms with van der Waals surface area (Å²) in [6.07, 6.45) is 3.33. The van der Waals surface area contributed by atoms with Gasteiger partial charge in [-0.3, -0.25) is 4.79 Å². The number of hydrogen-bond donors (Lipinski definition) is 0. The second-order valence-corrected chi connectivity index (χ2v) is 7.07. The smallest absolute Gasteiger partial charge is 0.254 e. The van der Waals surface area contributed by atoms with Crippen LogP contribution in [-0.4, -0.2) is 50.0 Å². The number of para-hydroxylation sites is 1. The topological polar surface area (TPSA) is 48.0 Å². The predicted octanol–water partition coefficient (Wildman–Crippen LogP) is 3.60. The van der Waals surface area contributed by atoms with Gasteiger partial charge in [-0.05, 0) is 17.7 Å². The lowest BCUT2D eigenvalue weighted by Crippen LogP contribution is -2.47. The molecule has 0 radical (unpaired) electrons. The molecule has 2 aromatic rings. The van der Waals surface area contributed by atoms with Crippen LogP contribution in [0.2, 0.25) is 0 Å². The van der Waals surface area contributed by atoms with E-state index in [4.69, 9.17) is 14.2 Å². The lowest BCUT2D eigenvalue weighted by atomic mass is 9.98. The Morgan fingerprint density at radius 1 is 1.00 bits per heavy atom. The molecule has 146 valence electrons. The fraction of sp³-hybridized carbons (Fsp3) is 0.348. The van der Waals surface area contributed by atoms with Gasteiger partial charge >= 0.3 is 0 Å². The van der Waals surface area contributed by atoms with E-state index < -0.39 is 5.79 Å². The van der Waals surface area contributed by atoms with E-state index in [1.807, 2.05) is 65.6 Å². The average Bonchev–Trinajstić information content (AvgIpc) is 3.21. The number of nitrogens with zero attached hydrogens (tertiary/aromatic N) is 1. The highest BCUT2D eigenvalue weighted by molar-refractivity contribution is 6.24. The second-order valence-electron chi connectivity index (χ2n) is 7.07. The highest BCUT2D eigenvalue weighted by Gasteiger charge is 2.41. The molecule has 5 heteroatoms. The maximum atomic E-state index is 13.4. The molecule has 0 aliphatic carbocycles. The average molecular weight is 379 g/mol. The van der Waals surface area contributed by atoms with Crippen LogP contribution in [0.1, 0.15) is 24.0 Å². The first-order valence-corrected chi connectivity index (χ1v) is 9.68. The maximum absolute atomic E-state index is 13.4. The molecule has 0 saturated carbocycles. The lowest BCUT2D eigenvalue weighted by Gasteiger charge is -2.38. The molecule has 0 N–H and O–H groups in total. The molecule has 0 bridgehead atoms. The molecule has 2 fully saturated rings. The van der Waals surface area contributed by atoms with E-state index in [0.29, 0.717) is 44.7 Å². The first-order valence-electron chi connectivity index (χ1n) is 9.68. The minimum Gasteiger partial charge on any atom is -0.496 e. The highest BCUT2D eigenvalue weighted by atomic mass is 16.7. The fourth-order valence-electron chi connectivity index (χ4n) is 3.83. The van der Waals surface area contributed by atoms with Gasteiger partial charge in [-0.15, -0.1) is 0 Å². The van der Waals surface area contributed by atoms with Crippen LogP contribution in [0.25, 0.3) is 11.6 Å². The zero-order valence-corrected chi connectivity index (χ0v) is 16.1. The van der Waals surface area contributed by atoms with Gasteiger partial charge in [-0.25, -0.2) is 0 Å². The number of piperidine rings is 1. The molecule has 0 atom stereocenters. The number of methoxy groups -OCH3 is 1. The summed E-state index contributed by atoms with van der Waals surface area (Å²) in [5.74, 6) is 0.273. The lowest BCUT2D eigenvalue weighted by molar-refractivity contribution is -0.186. The van der Waals surface area contributed by atoms with E-state index in [0.717, 1.165) is 16.9 Å². The molecule has 2 aliphatic heterocycles. The molecule has 1 amide bonds. The van der Waals surface area contributed by atoms with Crippen molar-refractivity contribution in [3.05, 3.63) is 65.7 Å². The van der Waals surface area contributed by atoms with E-state index in [2.05, 4.69) is 0 Å². The van der Waals surface area contributed by atoms with E-state index in [-0.39, 0.29) is 5.91 Å². The zero-order valence-electron chi connectivity index (χ0n) is 16.1. The molecule has 2 aromatic carbocycles. The van der Waals surface area contributed by atoms with Crippen LogP contribution in [-0.2, 0) is 14.3 Å². The predicted molar refractivity (Wildman–Crippen MR) is 108 cm³/mol. The van der Waals surface area contributed by atoms with Crippen molar-refractivity contribution in [3.8, 4) is 5.75 Å². The normalized spacial score (nSPS) is 19.0. The van der Waals surface area contributed by atoms with Gasteiger partial charge in [0.2, 0.25) is 0 Å². The van der Waals surface area contributed by atoms with Crippen molar-refractivity contribution in [2.75, 3.05) is 33.4 Å². The summed E-state index contributed by atoms with van der Waals surface area (Å²) < 4.78 is 17.0. The van der Waals surface area contributed by atoms with Crippen LogP contribution >= 0.6 is 0 Å². The third-order valence-electron chi connectivity index (χ3n) is 5.38. The SMILES string of the molecule is COc1ccccc1/C=C(/C(=O)N1CCC2(CC1)OCCO2)c1ccccc1.